The molecule has 0 atom stereocenters. The number of ketones is 2. The summed E-state index contributed by atoms with van der Waals surface area (Å²) >= 11 is 6.08. The lowest BCUT2D eigenvalue weighted by molar-refractivity contribution is -0.137. The molecule has 0 saturated heterocycles. The quantitative estimate of drug-likeness (QED) is 0.185. The number of carboxylic acid groups (broad SMARTS) is 1. The lowest BCUT2D eigenvalue weighted by atomic mass is 9.72. The Morgan fingerprint density at radius 1 is 0.690 bits per heavy atom. The molecular weight excluding hydrogens is 548 g/mol. The molecule has 0 aliphatic heterocycles. The number of allylic oxidation sites excluding steroid dienone is 2. The van der Waals surface area contributed by atoms with Crippen LogP contribution in [0.5, 0.6) is 0 Å². The van der Waals surface area contributed by atoms with Crippen molar-refractivity contribution in [1.29, 1.82) is 0 Å². The zero-order valence-corrected chi connectivity index (χ0v) is 25.5. The van der Waals surface area contributed by atoms with E-state index in [9.17, 15) is 14.4 Å². The number of aliphatic carboxylic acids is 1. The Bertz CT molecular complexity index is 1220. The topological polar surface area (TPSA) is 80.7 Å². The number of halogens is 1. The van der Waals surface area contributed by atoms with Gasteiger partial charge in [-0.15, -0.1) is 0 Å². The van der Waals surface area contributed by atoms with E-state index >= 15 is 0 Å². The number of carbonyl (C=O) groups is 3. The third-order valence-corrected chi connectivity index (χ3v) is 9.12. The summed E-state index contributed by atoms with van der Waals surface area (Å²) in [6.07, 6.45) is 15.9. The summed E-state index contributed by atoms with van der Waals surface area (Å²) in [6.45, 7) is 0.455. The minimum Gasteiger partial charge on any atom is -0.489 e. The van der Waals surface area contributed by atoms with Gasteiger partial charge in [0.1, 0.15) is 0 Å². The molecule has 2 aromatic carbocycles. The molecule has 2 aliphatic rings. The Morgan fingerprint density at radius 2 is 1.19 bits per heavy atom. The van der Waals surface area contributed by atoms with Crippen molar-refractivity contribution >= 4 is 29.1 Å². The van der Waals surface area contributed by atoms with Crippen molar-refractivity contribution in [3.05, 3.63) is 81.6 Å². The Hall–Kier alpha value is -2.92. The maximum Gasteiger partial charge on any atom is 0.303 e. The molecule has 6 heteroatoms. The summed E-state index contributed by atoms with van der Waals surface area (Å²) in [7, 11) is 0. The number of rotatable bonds is 17. The van der Waals surface area contributed by atoms with Crippen molar-refractivity contribution in [1.82, 2.24) is 0 Å². The van der Waals surface area contributed by atoms with Gasteiger partial charge in [0, 0.05) is 28.1 Å². The van der Waals surface area contributed by atoms with Gasteiger partial charge in [0.2, 0.25) is 5.78 Å². The fourth-order valence-electron chi connectivity index (χ4n) is 6.48. The second-order valence-corrected chi connectivity index (χ2v) is 12.4. The number of fused-ring (bicyclic) bond motifs is 1. The van der Waals surface area contributed by atoms with Crippen molar-refractivity contribution in [3.63, 3.8) is 0 Å². The highest BCUT2D eigenvalue weighted by Gasteiger charge is 2.38. The number of hydrogen-bond acceptors (Lipinski definition) is 4. The molecule has 0 heterocycles. The summed E-state index contributed by atoms with van der Waals surface area (Å²) in [5.41, 5.74) is 2.84. The van der Waals surface area contributed by atoms with Gasteiger partial charge in [0.15, 0.2) is 11.5 Å². The number of carboxylic acids is 1. The minimum atomic E-state index is -0.699. The van der Waals surface area contributed by atoms with Crippen LogP contribution in [0.25, 0.3) is 0 Å². The van der Waals surface area contributed by atoms with Gasteiger partial charge < -0.3 is 9.84 Å². The van der Waals surface area contributed by atoms with Gasteiger partial charge in [0.05, 0.1) is 6.61 Å². The van der Waals surface area contributed by atoms with Gasteiger partial charge in [-0.1, -0.05) is 106 Å². The third kappa shape index (κ3) is 9.04. The Morgan fingerprint density at radius 3 is 1.76 bits per heavy atom. The summed E-state index contributed by atoms with van der Waals surface area (Å²) in [5, 5.41) is 9.42. The number of hydrogen-bond donors (Lipinski definition) is 1. The van der Waals surface area contributed by atoms with Crippen LogP contribution in [0.15, 0.2) is 59.9 Å². The van der Waals surface area contributed by atoms with E-state index in [1.165, 1.54) is 37.7 Å². The van der Waals surface area contributed by atoms with Gasteiger partial charge in [0.25, 0.3) is 0 Å². The number of Topliss-reactive ketones (excluding diaryl/α,β-unsaturated/α-hetero) is 2. The molecule has 0 aromatic heterocycles. The van der Waals surface area contributed by atoms with Gasteiger partial charge in [-0.2, -0.15) is 0 Å². The van der Waals surface area contributed by atoms with Crippen LogP contribution in [-0.2, 0) is 9.53 Å². The average Bonchev–Trinajstić information content (AvgIpc) is 3.00. The fourth-order valence-corrected chi connectivity index (χ4v) is 6.61. The van der Waals surface area contributed by atoms with Crippen LogP contribution in [0.2, 0.25) is 5.02 Å². The Kier molecular flexibility index (Phi) is 12.7. The lowest BCUT2D eigenvalue weighted by Gasteiger charge is -2.32. The third-order valence-electron chi connectivity index (χ3n) is 8.87. The molecule has 1 saturated carbocycles. The highest BCUT2D eigenvalue weighted by molar-refractivity contribution is 6.30. The van der Waals surface area contributed by atoms with E-state index in [1.807, 2.05) is 24.3 Å². The standard InChI is InChI=1S/C36H45ClO5/c37-29-23-21-27(22-24-29)26-17-19-28(20-18-26)33-34(40)30-14-11-12-15-31(30)35(41)36(33)42-25-13-9-7-5-3-1-2-4-6-8-10-16-32(38)39/h11-12,14-15,21-24,26,28H,1-10,13,16-20,25H2,(H,38,39)/t26-,28-. The van der Waals surface area contributed by atoms with E-state index in [-0.39, 0.29) is 29.7 Å². The van der Waals surface area contributed by atoms with E-state index in [4.69, 9.17) is 21.4 Å². The zero-order valence-electron chi connectivity index (χ0n) is 24.8. The van der Waals surface area contributed by atoms with E-state index in [1.54, 1.807) is 12.1 Å². The summed E-state index contributed by atoms with van der Waals surface area (Å²) < 4.78 is 6.18. The SMILES string of the molecule is O=C(O)CCCCCCCCCCCCCOC1=C([C@H]2CC[C@H](c3ccc(Cl)cc3)CC2)C(=O)c2ccccc2C1=O. The molecule has 1 N–H and O–H groups in total. The van der Waals surface area contributed by atoms with Crippen molar-refractivity contribution < 1.29 is 24.2 Å². The number of carbonyl (C=O) groups excluding carboxylic acids is 2. The first kappa shape index (κ1) is 32.0. The Labute approximate surface area is 255 Å². The first-order valence-electron chi connectivity index (χ1n) is 16.0. The molecule has 2 aromatic rings. The second-order valence-electron chi connectivity index (χ2n) is 11.9. The van der Waals surface area contributed by atoms with Crippen LogP contribution in [0, 0.1) is 5.92 Å². The van der Waals surface area contributed by atoms with Crippen molar-refractivity contribution in [2.75, 3.05) is 6.61 Å². The maximum atomic E-state index is 13.7. The fraction of sp³-hybridized carbons (Fsp3) is 0.528. The molecule has 5 nitrogen and oxygen atoms in total. The first-order valence-corrected chi connectivity index (χ1v) is 16.4. The van der Waals surface area contributed by atoms with Gasteiger partial charge in [-0.25, -0.2) is 0 Å². The van der Waals surface area contributed by atoms with Crippen molar-refractivity contribution in [2.45, 2.75) is 109 Å². The molecule has 42 heavy (non-hydrogen) atoms. The molecule has 0 bridgehead atoms. The second kappa shape index (κ2) is 16.6. The molecule has 1 fully saturated rings. The molecule has 0 amide bonds. The van der Waals surface area contributed by atoms with E-state index in [2.05, 4.69) is 12.1 Å². The van der Waals surface area contributed by atoms with Gasteiger partial charge in [-0.05, 0) is 68.1 Å². The first-order chi connectivity index (χ1) is 20.5. The van der Waals surface area contributed by atoms with Crippen LogP contribution in [0.4, 0.5) is 0 Å². The van der Waals surface area contributed by atoms with Gasteiger partial charge >= 0.3 is 5.97 Å². The molecule has 0 unspecified atom stereocenters. The molecule has 226 valence electrons. The van der Waals surface area contributed by atoms with Crippen LogP contribution in [0.1, 0.15) is 135 Å². The molecule has 4 rings (SSSR count). The van der Waals surface area contributed by atoms with E-state index in [0.717, 1.165) is 69.2 Å². The normalized spacial score (nSPS) is 18.7. The predicted octanol–water partition coefficient (Wildman–Crippen LogP) is 9.73. The molecule has 2 aliphatic carbocycles. The largest absolute Gasteiger partial charge is 0.489 e. The smallest absolute Gasteiger partial charge is 0.303 e. The van der Waals surface area contributed by atoms with Crippen molar-refractivity contribution in [2.24, 2.45) is 5.92 Å². The summed E-state index contributed by atoms with van der Waals surface area (Å²) in [6, 6.07) is 15.2. The van der Waals surface area contributed by atoms with Gasteiger partial charge in [-0.3, -0.25) is 14.4 Å². The molecular formula is C36H45ClO5. The number of benzene rings is 2. The van der Waals surface area contributed by atoms with Crippen LogP contribution in [0.3, 0.4) is 0 Å². The zero-order chi connectivity index (χ0) is 29.7. The minimum absolute atomic E-state index is 0.0329. The number of unbranched alkanes of at least 4 members (excludes halogenated alkanes) is 10. The lowest BCUT2D eigenvalue weighted by Crippen LogP contribution is -2.29. The summed E-state index contributed by atoms with van der Waals surface area (Å²) in [4.78, 5) is 37.8. The highest BCUT2D eigenvalue weighted by Crippen LogP contribution is 2.42. The van der Waals surface area contributed by atoms with Crippen LogP contribution >= 0.6 is 11.6 Å². The predicted molar refractivity (Wildman–Crippen MR) is 167 cm³/mol. The Balaban J connectivity index is 1.24. The highest BCUT2D eigenvalue weighted by atomic mass is 35.5. The van der Waals surface area contributed by atoms with E-state index < -0.39 is 5.97 Å². The monoisotopic (exact) mass is 592 g/mol. The summed E-state index contributed by atoms with van der Waals surface area (Å²) in [5.74, 6) is -0.133. The molecule has 0 spiro atoms. The van der Waals surface area contributed by atoms with Crippen molar-refractivity contribution in [3.8, 4) is 0 Å². The van der Waals surface area contributed by atoms with Crippen LogP contribution < -0.4 is 0 Å². The number of ether oxygens (including phenoxy) is 1. The van der Waals surface area contributed by atoms with E-state index in [0.29, 0.717) is 29.2 Å². The maximum absolute atomic E-state index is 13.7. The van der Waals surface area contributed by atoms with Crippen LogP contribution in [-0.4, -0.2) is 29.2 Å². The molecule has 0 radical (unpaired) electrons. The average molecular weight is 593 g/mol.